The highest BCUT2D eigenvalue weighted by atomic mass is 16.5. The molecule has 0 aromatic carbocycles. The summed E-state index contributed by atoms with van der Waals surface area (Å²) in [5.41, 5.74) is 2.55. The Morgan fingerprint density at radius 3 is 2.46 bits per heavy atom. The van der Waals surface area contributed by atoms with Crippen LogP contribution in [0.3, 0.4) is 0 Å². The van der Waals surface area contributed by atoms with Crippen molar-refractivity contribution in [3.8, 4) is 5.82 Å². The SMILES string of the molecule is Cc1cc(-n2c(C)cc(C(=O)CN3CCC(C(=O)NC(C)C)CC3)c2C)no1. The molecule has 0 aliphatic carbocycles. The van der Waals surface area contributed by atoms with Gasteiger partial charge in [0.25, 0.3) is 0 Å². The highest BCUT2D eigenvalue weighted by Gasteiger charge is 2.27. The van der Waals surface area contributed by atoms with E-state index in [-0.39, 0.29) is 23.7 Å². The number of likely N-dealkylation sites (tertiary alicyclic amines) is 1. The van der Waals surface area contributed by atoms with Crippen LogP contribution in [0.2, 0.25) is 0 Å². The molecule has 1 saturated heterocycles. The number of aryl methyl sites for hydroxylation is 2. The van der Waals surface area contributed by atoms with Crippen molar-refractivity contribution in [1.82, 2.24) is 19.9 Å². The molecule has 3 heterocycles. The summed E-state index contributed by atoms with van der Waals surface area (Å²) < 4.78 is 7.13. The van der Waals surface area contributed by atoms with Gasteiger partial charge in [0.15, 0.2) is 11.6 Å². The molecule has 1 aliphatic rings. The lowest BCUT2D eigenvalue weighted by Crippen LogP contribution is -2.43. The lowest BCUT2D eigenvalue weighted by molar-refractivity contribution is -0.126. The van der Waals surface area contributed by atoms with E-state index in [0.717, 1.165) is 48.6 Å². The number of aromatic nitrogens is 2. The third kappa shape index (κ3) is 4.35. The van der Waals surface area contributed by atoms with E-state index in [0.29, 0.717) is 12.4 Å². The summed E-state index contributed by atoms with van der Waals surface area (Å²) in [4.78, 5) is 27.2. The molecule has 1 fully saturated rings. The molecule has 1 aliphatic heterocycles. The monoisotopic (exact) mass is 386 g/mol. The fourth-order valence-corrected chi connectivity index (χ4v) is 3.90. The molecule has 1 N–H and O–H groups in total. The van der Waals surface area contributed by atoms with Gasteiger partial charge in [0, 0.05) is 35.0 Å². The number of nitrogens with one attached hydrogen (secondary N) is 1. The van der Waals surface area contributed by atoms with Crippen LogP contribution in [0.1, 0.15) is 54.2 Å². The van der Waals surface area contributed by atoms with Gasteiger partial charge < -0.3 is 9.84 Å². The van der Waals surface area contributed by atoms with Crippen LogP contribution in [0.25, 0.3) is 5.82 Å². The number of carbonyl (C=O) groups excluding carboxylic acids is 2. The predicted molar refractivity (Wildman–Crippen MR) is 107 cm³/mol. The zero-order chi connectivity index (χ0) is 20.4. The maximum Gasteiger partial charge on any atom is 0.223 e. The van der Waals surface area contributed by atoms with Crippen molar-refractivity contribution in [2.24, 2.45) is 5.92 Å². The molecule has 0 unspecified atom stereocenters. The molecule has 7 nitrogen and oxygen atoms in total. The van der Waals surface area contributed by atoms with E-state index in [1.807, 2.05) is 51.3 Å². The van der Waals surface area contributed by atoms with Gasteiger partial charge in [0.2, 0.25) is 5.91 Å². The predicted octanol–water partition coefficient (Wildman–Crippen LogP) is 2.81. The Hall–Kier alpha value is -2.41. The minimum absolute atomic E-state index is 0.0502. The molecular formula is C21H30N4O3. The van der Waals surface area contributed by atoms with Crippen molar-refractivity contribution in [3.63, 3.8) is 0 Å². The van der Waals surface area contributed by atoms with E-state index in [2.05, 4.69) is 15.4 Å². The zero-order valence-corrected chi connectivity index (χ0v) is 17.4. The lowest BCUT2D eigenvalue weighted by Gasteiger charge is -2.31. The Bertz CT molecular complexity index is 857. The molecule has 0 atom stereocenters. The van der Waals surface area contributed by atoms with E-state index in [1.54, 1.807) is 0 Å². The van der Waals surface area contributed by atoms with Crippen molar-refractivity contribution in [2.75, 3.05) is 19.6 Å². The van der Waals surface area contributed by atoms with Crippen LogP contribution in [0.5, 0.6) is 0 Å². The van der Waals surface area contributed by atoms with E-state index in [1.165, 1.54) is 0 Å². The molecule has 0 spiro atoms. The number of nitrogens with zero attached hydrogens (tertiary/aromatic N) is 3. The summed E-state index contributed by atoms with van der Waals surface area (Å²) in [7, 11) is 0. The number of ketones is 1. The summed E-state index contributed by atoms with van der Waals surface area (Å²) in [6, 6.07) is 3.95. The molecule has 28 heavy (non-hydrogen) atoms. The molecule has 2 aromatic rings. The van der Waals surface area contributed by atoms with Crippen LogP contribution in [0.4, 0.5) is 0 Å². The molecule has 2 aromatic heterocycles. The molecule has 0 saturated carbocycles. The molecular weight excluding hydrogens is 356 g/mol. The number of Topliss-reactive ketones (excluding diaryl/α,β-unsaturated/α-hetero) is 1. The van der Waals surface area contributed by atoms with Gasteiger partial charge in [0.05, 0.1) is 6.54 Å². The molecule has 0 bridgehead atoms. The highest BCUT2D eigenvalue weighted by molar-refractivity contribution is 5.99. The van der Waals surface area contributed by atoms with Crippen molar-refractivity contribution < 1.29 is 14.1 Å². The summed E-state index contributed by atoms with van der Waals surface area (Å²) >= 11 is 0. The quantitative estimate of drug-likeness (QED) is 0.772. The van der Waals surface area contributed by atoms with Crippen molar-refractivity contribution in [2.45, 2.75) is 53.5 Å². The fourth-order valence-electron chi connectivity index (χ4n) is 3.90. The number of carbonyl (C=O) groups is 2. The maximum absolute atomic E-state index is 12.9. The molecule has 1 amide bonds. The van der Waals surface area contributed by atoms with Gasteiger partial charge in [0.1, 0.15) is 5.76 Å². The number of hydrogen-bond acceptors (Lipinski definition) is 5. The van der Waals surface area contributed by atoms with Gasteiger partial charge in [-0.2, -0.15) is 0 Å². The van der Waals surface area contributed by atoms with Crippen LogP contribution in [0.15, 0.2) is 16.7 Å². The van der Waals surface area contributed by atoms with Crippen molar-refractivity contribution >= 4 is 11.7 Å². The van der Waals surface area contributed by atoms with Crippen LogP contribution in [-0.2, 0) is 4.79 Å². The van der Waals surface area contributed by atoms with E-state index in [9.17, 15) is 9.59 Å². The zero-order valence-electron chi connectivity index (χ0n) is 17.4. The fraction of sp³-hybridized carbons (Fsp3) is 0.571. The third-order valence-corrected chi connectivity index (χ3v) is 5.33. The first-order valence-electron chi connectivity index (χ1n) is 9.94. The number of hydrogen-bond donors (Lipinski definition) is 1. The topological polar surface area (TPSA) is 80.4 Å². The van der Waals surface area contributed by atoms with Crippen LogP contribution < -0.4 is 5.32 Å². The molecule has 152 valence electrons. The number of piperidine rings is 1. The first kappa shape index (κ1) is 20.3. The van der Waals surface area contributed by atoms with Gasteiger partial charge in [-0.15, -0.1) is 0 Å². The average molecular weight is 386 g/mol. The van der Waals surface area contributed by atoms with Crippen LogP contribution >= 0.6 is 0 Å². The second-order valence-electron chi connectivity index (χ2n) is 8.05. The van der Waals surface area contributed by atoms with E-state index < -0.39 is 0 Å². The first-order chi connectivity index (χ1) is 13.3. The second kappa shape index (κ2) is 8.31. The minimum atomic E-state index is 0.0502. The Labute approximate surface area is 166 Å². The minimum Gasteiger partial charge on any atom is -0.360 e. The Morgan fingerprint density at radius 2 is 1.89 bits per heavy atom. The molecule has 0 radical (unpaired) electrons. The molecule has 7 heteroatoms. The van der Waals surface area contributed by atoms with Gasteiger partial charge >= 0.3 is 0 Å². The number of rotatable bonds is 6. The lowest BCUT2D eigenvalue weighted by atomic mass is 9.95. The smallest absolute Gasteiger partial charge is 0.223 e. The van der Waals surface area contributed by atoms with Gasteiger partial charge in [-0.1, -0.05) is 5.16 Å². The van der Waals surface area contributed by atoms with Crippen molar-refractivity contribution in [3.05, 3.63) is 34.8 Å². The summed E-state index contributed by atoms with van der Waals surface area (Å²) in [5.74, 6) is 1.72. The van der Waals surface area contributed by atoms with E-state index >= 15 is 0 Å². The third-order valence-electron chi connectivity index (χ3n) is 5.33. The highest BCUT2D eigenvalue weighted by Crippen LogP contribution is 2.23. The largest absolute Gasteiger partial charge is 0.360 e. The Balaban J connectivity index is 1.63. The molecule has 3 rings (SSSR count). The summed E-state index contributed by atoms with van der Waals surface area (Å²) in [6.07, 6.45) is 1.59. The maximum atomic E-state index is 12.9. The van der Waals surface area contributed by atoms with Crippen molar-refractivity contribution in [1.29, 1.82) is 0 Å². The first-order valence-corrected chi connectivity index (χ1v) is 9.94. The van der Waals surface area contributed by atoms with E-state index in [4.69, 9.17) is 4.52 Å². The van der Waals surface area contributed by atoms with Gasteiger partial charge in [-0.05, 0) is 66.6 Å². The van der Waals surface area contributed by atoms with Gasteiger partial charge in [-0.3, -0.25) is 19.1 Å². The summed E-state index contributed by atoms with van der Waals surface area (Å²) in [6.45, 7) is 11.6. The standard InChI is InChI=1S/C21H30N4O3/c1-13(2)22-21(27)17-6-8-24(9-7-17)12-19(26)18-10-14(3)25(16(18)5)20-11-15(4)28-23-20/h10-11,13,17H,6-9,12H2,1-5H3,(H,22,27). The average Bonchev–Trinajstić information content (AvgIpc) is 3.17. The summed E-state index contributed by atoms with van der Waals surface area (Å²) in [5, 5.41) is 7.06. The Kier molecular flexibility index (Phi) is 6.03. The van der Waals surface area contributed by atoms with Crippen LogP contribution in [-0.4, -0.2) is 52.0 Å². The number of amides is 1. The van der Waals surface area contributed by atoms with Crippen LogP contribution in [0, 0.1) is 26.7 Å². The van der Waals surface area contributed by atoms with Gasteiger partial charge in [-0.25, -0.2) is 0 Å². The Morgan fingerprint density at radius 1 is 1.21 bits per heavy atom. The normalized spacial score (nSPS) is 15.9. The second-order valence-corrected chi connectivity index (χ2v) is 8.05.